The van der Waals surface area contributed by atoms with Crippen LogP contribution in [0.4, 0.5) is 8.78 Å². The molecule has 164 valence electrons. The molecule has 0 bridgehead atoms. The number of unbranched alkanes of at least 4 members (excludes halogenated alkanes) is 4. The van der Waals surface area contributed by atoms with Gasteiger partial charge in [0.1, 0.15) is 5.75 Å². The lowest BCUT2D eigenvalue weighted by molar-refractivity contribution is 0.285. The van der Waals surface area contributed by atoms with Crippen molar-refractivity contribution in [1.29, 1.82) is 0 Å². The number of rotatable bonds is 11. The molecule has 3 aromatic carbocycles. The Morgan fingerprint density at radius 2 is 1.23 bits per heavy atom. The van der Waals surface area contributed by atoms with E-state index in [1.54, 1.807) is 18.2 Å². The highest BCUT2D eigenvalue weighted by atomic mass is 19.2. The van der Waals surface area contributed by atoms with Crippen LogP contribution in [0.25, 0.3) is 22.3 Å². The molecular formula is C27H30F2O2. The fraction of sp³-hybridized carbons (Fsp3) is 0.333. The number of ether oxygens (including phenoxy) is 2. The monoisotopic (exact) mass is 424 g/mol. The van der Waals surface area contributed by atoms with Crippen LogP contribution in [-0.4, -0.2) is 13.2 Å². The second kappa shape index (κ2) is 11.5. The fourth-order valence-electron chi connectivity index (χ4n) is 3.51. The Labute approximate surface area is 183 Å². The summed E-state index contributed by atoms with van der Waals surface area (Å²) in [6, 6.07) is 18.3. The van der Waals surface area contributed by atoms with Gasteiger partial charge in [-0.15, -0.1) is 0 Å². The lowest BCUT2D eigenvalue weighted by Crippen LogP contribution is -2.01. The van der Waals surface area contributed by atoms with E-state index in [1.165, 1.54) is 18.9 Å². The maximum Gasteiger partial charge on any atom is 0.201 e. The van der Waals surface area contributed by atoms with Gasteiger partial charge in [0.2, 0.25) is 5.82 Å². The molecule has 0 unspecified atom stereocenters. The van der Waals surface area contributed by atoms with E-state index >= 15 is 0 Å². The molecule has 31 heavy (non-hydrogen) atoms. The van der Waals surface area contributed by atoms with E-state index in [9.17, 15) is 8.78 Å². The number of hydrogen-bond acceptors (Lipinski definition) is 2. The maximum absolute atomic E-state index is 14.7. The summed E-state index contributed by atoms with van der Waals surface area (Å²) in [6.45, 7) is 5.13. The maximum atomic E-state index is 14.7. The molecule has 0 aliphatic heterocycles. The standard InChI is InChI=1S/C27H30F2O2/c1-3-5-6-7-8-19-31-25-18-17-24(26(28)27(25)29)22-11-9-20(10-12-22)21-13-15-23(16-14-21)30-4-2/h9-18H,3-8,19H2,1-2H3. The van der Waals surface area contributed by atoms with Crippen molar-refractivity contribution in [2.24, 2.45) is 0 Å². The number of benzene rings is 3. The first-order chi connectivity index (χ1) is 15.1. The molecule has 0 N–H and O–H groups in total. The van der Waals surface area contributed by atoms with Gasteiger partial charge >= 0.3 is 0 Å². The van der Waals surface area contributed by atoms with E-state index in [2.05, 4.69) is 6.92 Å². The molecule has 2 nitrogen and oxygen atoms in total. The van der Waals surface area contributed by atoms with Gasteiger partial charge in [0.15, 0.2) is 11.6 Å². The summed E-state index contributed by atoms with van der Waals surface area (Å²) in [5.41, 5.74) is 2.88. The molecule has 3 aromatic rings. The zero-order chi connectivity index (χ0) is 22.1. The van der Waals surface area contributed by atoms with Gasteiger partial charge in [0.25, 0.3) is 0 Å². The average molecular weight is 425 g/mol. The first kappa shape index (κ1) is 22.8. The zero-order valence-corrected chi connectivity index (χ0v) is 18.3. The molecule has 0 aliphatic rings. The number of hydrogen-bond donors (Lipinski definition) is 0. The largest absolute Gasteiger partial charge is 0.494 e. The third kappa shape index (κ3) is 6.06. The molecule has 0 aromatic heterocycles. The Hall–Kier alpha value is -2.88. The summed E-state index contributed by atoms with van der Waals surface area (Å²) in [7, 11) is 0. The fourth-order valence-corrected chi connectivity index (χ4v) is 3.51. The summed E-state index contributed by atoms with van der Waals surface area (Å²) in [4.78, 5) is 0. The van der Waals surface area contributed by atoms with E-state index in [1.807, 2.05) is 43.3 Å². The van der Waals surface area contributed by atoms with Crippen LogP contribution in [0.3, 0.4) is 0 Å². The Bertz CT molecular complexity index is 950. The second-order valence-electron chi connectivity index (χ2n) is 7.54. The molecule has 0 amide bonds. The van der Waals surface area contributed by atoms with E-state index in [0.29, 0.717) is 18.8 Å². The van der Waals surface area contributed by atoms with Crippen LogP contribution in [-0.2, 0) is 0 Å². The summed E-state index contributed by atoms with van der Waals surface area (Å²) in [6.07, 6.45) is 5.38. The summed E-state index contributed by atoms with van der Waals surface area (Å²) in [5.74, 6) is -1.01. The number of halogens is 2. The minimum absolute atomic E-state index is 0.0252. The zero-order valence-electron chi connectivity index (χ0n) is 18.3. The molecular weight excluding hydrogens is 394 g/mol. The van der Waals surface area contributed by atoms with Crippen LogP contribution in [0.2, 0.25) is 0 Å². The van der Waals surface area contributed by atoms with Crippen LogP contribution in [0.1, 0.15) is 46.0 Å². The topological polar surface area (TPSA) is 18.5 Å². The van der Waals surface area contributed by atoms with Crippen molar-refractivity contribution in [3.63, 3.8) is 0 Å². The lowest BCUT2D eigenvalue weighted by atomic mass is 9.99. The average Bonchev–Trinajstić information content (AvgIpc) is 2.80. The molecule has 0 spiro atoms. The quantitative estimate of drug-likeness (QED) is 0.290. The third-order valence-corrected chi connectivity index (χ3v) is 5.25. The predicted octanol–water partition coefficient (Wildman–Crippen LogP) is 8.05. The second-order valence-corrected chi connectivity index (χ2v) is 7.54. The van der Waals surface area contributed by atoms with Gasteiger partial charge in [0.05, 0.1) is 13.2 Å². The van der Waals surface area contributed by atoms with Crippen molar-refractivity contribution in [2.75, 3.05) is 13.2 Å². The third-order valence-electron chi connectivity index (χ3n) is 5.25. The Balaban J connectivity index is 1.67. The Morgan fingerprint density at radius 3 is 1.87 bits per heavy atom. The van der Waals surface area contributed by atoms with Crippen molar-refractivity contribution in [3.05, 3.63) is 72.3 Å². The normalized spacial score (nSPS) is 10.8. The Morgan fingerprint density at radius 1 is 0.613 bits per heavy atom. The van der Waals surface area contributed by atoms with Crippen molar-refractivity contribution in [3.8, 4) is 33.8 Å². The summed E-state index contributed by atoms with van der Waals surface area (Å²) < 4.78 is 40.1. The van der Waals surface area contributed by atoms with Crippen LogP contribution in [0.5, 0.6) is 11.5 Å². The molecule has 4 heteroatoms. The summed E-state index contributed by atoms with van der Waals surface area (Å²) in [5, 5.41) is 0. The van der Waals surface area contributed by atoms with Gasteiger partial charge in [-0.3, -0.25) is 0 Å². The van der Waals surface area contributed by atoms with Crippen LogP contribution >= 0.6 is 0 Å². The van der Waals surface area contributed by atoms with Gasteiger partial charge < -0.3 is 9.47 Å². The lowest BCUT2D eigenvalue weighted by Gasteiger charge is -2.11. The highest BCUT2D eigenvalue weighted by molar-refractivity contribution is 5.71. The van der Waals surface area contributed by atoms with Crippen molar-refractivity contribution in [1.82, 2.24) is 0 Å². The van der Waals surface area contributed by atoms with Gasteiger partial charge in [-0.2, -0.15) is 4.39 Å². The van der Waals surface area contributed by atoms with E-state index in [0.717, 1.165) is 36.1 Å². The first-order valence-corrected chi connectivity index (χ1v) is 11.1. The highest BCUT2D eigenvalue weighted by Gasteiger charge is 2.16. The van der Waals surface area contributed by atoms with E-state index in [4.69, 9.17) is 9.47 Å². The smallest absolute Gasteiger partial charge is 0.201 e. The molecule has 0 atom stereocenters. The van der Waals surface area contributed by atoms with Crippen molar-refractivity contribution < 1.29 is 18.3 Å². The van der Waals surface area contributed by atoms with Crippen LogP contribution in [0.15, 0.2) is 60.7 Å². The molecule has 0 radical (unpaired) electrons. The van der Waals surface area contributed by atoms with E-state index < -0.39 is 11.6 Å². The van der Waals surface area contributed by atoms with Gasteiger partial charge in [-0.25, -0.2) is 4.39 Å². The first-order valence-electron chi connectivity index (χ1n) is 11.1. The predicted molar refractivity (Wildman–Crippen MR) is 123 cm³/mol. The van der Waals surface area contributed by atoms with Crippen molar-refractivity contribution in [2.45, 2.75) is 46.0 Å². The molecule has 3 rings (SSSR count). The molecule has 0 saturated carbocycles. The van der Waals surface area contributed by atoms with Crippen molar-refractivity contribution >= 4 is 0 Å². The SMILES string of the molecule is CCCCCCCOc1ccc(-c2ccc(-c3ccc(OCC)cc3)cc2)c(F)c1F. The highest BCUT2D eigenvalue weighted by Crippen LogP contribution is 2.32. The summed E-state index contributed by atoms with van der Waals surface area (Å²) >= 11 is 0. The van der Waals surface area contributed by atoms with Gasteiger partial charge in [-0.1, -0.05) is 69.0 Å². The van der Waals surface area contributed by atoms with E-state index in [-0.39, 0.29) is 11.3 Å². The van der Waals surface area contributed by atoms with Gasteiger partial charge in [0, 0.05) is 5.56 Å². The molecule has 0 fully saturated rings. The minimum Gasteiger partial charge on any atom is -0.494 e. The Kier molecular flexibility index (Phi) is 8.45. The molecule has 0 saturated heterocycles. The minimum atomic E-state index is -0.929. The van der Waals surface area contributed by atoms with Crippen LogP contribution < -0.4 is 9.47 Å². The van der Waals surface area contributed by atoms with Crippen LogP contribution in [0, 0.1) is 11.6 Å². The molecule has 0 heterocycles. The van der Waals surface area contributed by atoms with Gasteiger partial charge in [-0.05, 0) is 54.3 Å². The molecule has 0 aliphatic carbocycles.